The number of thioether (sulfide) groups is 1. The van der Waals surface area contributed by atoms with Crippen LogP contribution in [0.2, 0.25) is 0 Å². The molecule has 1 fully saturated rings. The fourth-order valence-corrected chi connectivity index (χ4v) is 6.23. The number of hydrogen-bond donors (Lipinski definition) is 1. The lowest BCUT2D eigenvalue weighted by Gasteiger charge is -2.34. The standard InChI is InChI=1S/C29H31F9N6O2S/c1-3-43(14-17-4-6-19(7-5-17)25(45)46)24-9-8-23(47-29(36,37)38)12-20(24)16-44(26-39-41-42(2)40-26)15-18-10-21(27(30,31)32)13-22(11-18)28(33,34)35/h8-13,17,19H,3-7,14-16H2,1-2H3,(H,45,46). The highest BCUT2D eigenvalue weighted by Gasteiger charge is 2.37. The van der Waals surface area contributed by atoms with E-state index in [-0.39, 0.29) is 52.3 Å². The zero-order valence-corrected chi connectivity index (χ0v) is 25.9. The molecule has 1 aromatic heterocycles. The average Bonchev–Trinajstić information content (AvgIpc) is 3.40. The molecule has 0 bridgehead atoms. The number of alkyl halides is 9. The van der Waals surface area contributed by atoms with Gasteiger partial charge in [-0.05, 0) is 103 Å². The van der Waals surface area contributed by atoms with Gasteiger partial charge in [0.05, 0.1) is 24.1 Å². The number of nitrogens with zero attached hydrogens (tertiary/aromatic N) is 6. The molecule has 258 valence electrons. The molecule has 18 heteroatoms. The lowest BCUT2D eigenvalue weighted by atomic mass is 9.81. The number of benzene rings is 2. The highest BCUT2D eigenvalue weighted by atomic mass is 32.2. The van der Waals surface area contributed by atoms with Gasteiger partial charge in [-0.3, -0.25) is 4.79 Å². The second-order valence-corrected chi connectivity index (χ2v) is 12.4. The van der Waals surface area contributed by atoms with Crippen LogP contribution in [0, 0.1) is 11.8 Å². The van der Waals surface area contributed by atoms with E-state index in [0.29, 0.717) is 56.6 Å². The Balaban J connectivity index is 1.74. The number of rotatable bonds is 11. The molecule has 1 saturated carbocycles. The monoisotopic (exact) mass is 698 g/mol. The minimum absolute atomic E-state index is 0.00735. The van der Waals surface area contributed by atoms with Gasteiger partial charge in [0, 0.05) is 36.8 Å². The summed E-state index contributed by atoms with van der Waals surface area (Å²) >= 11 is -0.368. The Hall–Kier alpha value is -3.70. The van der Waals surface area contributed by atoms with Crippen molar-refractivity contribution in [1.82, 2.24) is 20.2 Å². The Kier molecular flexibility index (Phi) is 10.9. The summed E-state index contributed by atoms with van der Waals surface area (Å²) in [6.07, 6.45) is -7.97. The topological polar surface area (TPSA) is 87.4 Å². The molecular formula is C29H31F9N6O2S. The highest BCUT2D eigenvalue weighted by Crippen LogP contribution is 2.40. The van der Waals surface area contributed by atoms with Crippen molar-refractivity contribution in [2.75, 3.05) is 22.9 Å². The smallest absolute Gasteiger partial charge is 0.446 e. The van der Waals surface area contributed by atoms with Crippen molar-refractivity contribution >= 4 is 29.4 Å². The third-order valence-electron chi connectivity index (χ3n) is 7.84. The summed E-state index contributed by atoms with van der Waals surface area (Å²) in [5.41, 5.74) is -7.28. The van der Waals surface area contributed by atoms with Gasteiger partial charge in [-0.25, -0.2) is 0 Å². The van der Waals surface area contributed by atoms with Crippen LogP contribution in [0.1, 0.15) is 54.9 Å². The summed E-state index contributed by atoms with van der Waals surface area (Å²) < 4.78 is 122. The van der Waals surface area contributed by atoms with Crippen molar-refractivity contribution in [3.05, 3.63) is 58.7 Å². The van der Waals surface area contributed by atoms with E-state index < -0.39 is 47.4 Å². The summed E-state index contributed by atoms with van der Waals surface area (Å²) in [4.78, 5) is 15.4. The second kappa shape index (κ2) is 14.2. The summed E-state index contributed by atoms with van der Waals surface area (Å²) in [6.45, 7) is 1.82. The van der Waals surface area contributed by atoms with Gasteiger partial charge in [0.2, 0.25) is 0 Å². The number of aromatic nitrogens is 4. The molecule has 4 rings (SSSR count). The quantitative estimate of drug-likeness (QED) is 0.161. The predicted octanol–water partition coefficient (Wildman–Crippen LogP) is 7.78. The predicted molar refractivity (Wildman–Crippen MR) is 154 cm³/mol. The van der Waals surface area contributed by atoms with Gasteiger partial charge >= 0.3 is 23.8 Å². The first kappa shape index (κ1) is 36.1. The lowest BCUT2D eigenvalue weighted by molar-refractivity contribution is -0.144. The number of aliphatic carboxylic acids is 1. The number of carbonyl (C=O) groups is 1. The van der Waals surface area contributed by atoms with Crippen LogP contribution in [0.15, 0.2) is 41.3 Å². The van der Waals surface area contributed by atoms with Gasteiger partial charge < -0.3 is 14.9 Å². The first-order valence-corrected chi connectivity index (χ1v) is 15.3. The third kappa shape index (κ3) is 9.90. The molecule has 0 radical (unpaired) electrons. The summed E-state index contributed by atoms with van der Waals surface area (Å²) in [5.74, 6) is -1.39. The number of halogens is 9. The van der Waals surface area contributed by atoms with Gasteiger partial charge in [-0.2, -0.15) is 44.3 Å². The minimum Gasteiger partial charge on any atom is -0.481 e. The number of aryl methyl sites for hydroxylation is 1. The van der Waals surface area contributed by atoms with Crippen LogP contribution in [0.5, 0.6) is 0 Å². The van der Waals surface area contributed by atoms with Crippen LogP contribution in [0.25, 0.3) is 0 Å². The van der Waals surface area contributed by atoms with Crippen molar-refractivity contribution in [3.63, 3.8) is 0 Å². The van der Waals surface area contributed by atoms with Crippen LogP contribution < -0.4 is 9.80 Å². The Labute approximate surface area is 267 Å². The summed E-state index contributed by atoms with van der Waals surface area (Å²) in [5, 5.41) is 21.0. The van der Waals surface area contributed by atoms with E-state index in [1.54, 1.807) is 0 Å². The maximum absolute atomic E-state index is 13.6. The molecule has 0 aliphatic heterocycles. The van der Waals surface area contributed by atoms with Crippen molar-refractivity contribution in [1.29, 1.82) is 0 Å². The van der Waals surface area contributed by atoms with Gasteiger partial charge in [0.15, 0.2) is 0 Å². The zero-order valence-electron chi connectivity index (χ0n) is 25.1. The zero-order chi connectivity index (χ0) is 34.7. The molecule has 1 aliphatic rings. The maximum Gasteiger partial charge on any atom is 0.446 e. The molecule has 0 saturated heterocycles. The van der Waals surface area contributed by atoms with Crippen molar-refractivity contribution < 1.29 is 49.4 Å². The second-order valence-electron chi connectivity index (χ2n) is 11.3. The molecule has 0 spiro atoms. The van der Waals surface area contributed by atoms with Crippen LogP contribution in [0.4, 0.5) is 51.1 Å². The first-order chi connectivity index (χ1) is 21.8. The van der Waals surface area contributed by atoms with E-state index in [1.165, 1.54) is 30.1 Å². The van der Waals surface area contributed by atoms with E-state index in [4.69, 9.17) is 0 Å². The number of anilines is 2. The van der Waals surface area contributed by atoms with Crippen molar-refractivity contribution in [2.24, 2.45) is 18.9 Å². The third-order valence-corrected chi connectivity index (χ3v) is 8.57. The molecule has 3 aromatic rings. The Morgan fingerprint density at radius 2 is 1.53 bits per heavy atom. The molecule has 0 atom stereocenters. The highest BCUT2D eigenvalue weighted by molar-refractivity contribution is 8.00. The fourth-order valence-electron chi connectivity index (χ4n) is 5.63. The normalized spacial score (nSPS) is 17.5. The fraction of sp³-hybridized carbons (Fsp3) is 0.517. The first-order valence-electron chi connectivity index (χ1n) is 14.5. The molecule has 8 nitrogen and oxygen atoms in total. The van der Waals surface area contributed by atoms with E-state index in [1.807, 2.05) is 11.8 Å². The van der Waals surface area contributed by atoms with Gasteiger partial charge in [-0.1, -0.05) is 5.10 Å². The van der Waals surface area contributed by atoms with Gasteiger partial charge in [-0.15, -0.1) is 5.10 Å². The van der Waals surface area contributed by atoms with E-state index in [2.05, 4.69) is 15.4 Å². The minimum atomic E-state index is -5.09. The Morgan fingerprint density at radius 1 is 0.915 bits per heavy atom. The SMILES string of the molecule is CCN(CC1CCC(C(=O)O)CC1)c1ccc(SC(F)(F)F)cc1CN(Cc1cc(C(F)(F)F)cc(C(F)(F)F)c1)c1nnn(C)n1. The summed E-state index contributed by atoms with van der Waals surface area (Å²) in [6, 6.07) is 5.20. The van der Waals surface area contributed by atoms with Crippen LogP contribution >= 0.6 is 11.8 Å². The van der Waals surface area contributed by atoms with Crippen LogP contribution in [-0.4, -0.2) is 49.9 Å². The van der Waals surface area contributed by atoms with Crippen LogP contribution in [0.3, 0.4) is 0 Å². The molecule has 47 heavy (non-hydrogen) atoms. The lowest BCUT2D eigenvalue weighted by Crippen LogP contribution is -2.34. The molecule has 0 amide bonds. The Morgan fingerprint density at radius 3 is 2.02 bits per heavy atom. The van der Waals surface area contributed by atoms with Crippen LogP contribution in [-0.2, 0) is 37.3 Å². The maximum atomic E-state index is 13.6. The number of carboxylic acid groups (broad SMARTS) is 1. The molecule has 2 aromatic carbocycles. The van der Waals surface area contributed by atoms with E-state index in [9.17, 15) is 49.4 Å². The summed E-state index contributed by atoms with van der Waals surface area (Å²) in [7, 11) is 1.39. The number of hydrogen-bond acceptors (Lipinski definition) is 7. The average molecular weight is 699 g/mol. The molecular weight excluding hydrogens is 667 g/mol. The molecule has 0 unspecified atom stereocenters. The molecule has 1 heterocycles. The molecule has 1 N–H and O–H groups in total. The number of tetrazole rings is 1. The Bertz CT molecular complexity index is 1500. The van der Waals surface area contributed by atoms with Crippen molar-refractivity contribution in [2.45, 2.75) is 68.5 Å². The number of carboxylic acids is 1. The van der Waals surface area contributed by atoms with Gasteiger partial charge in [0.1, 0.15) is 0 Å². The van der Waals surface area contributed by atoms with E-state index in [0.717, 1.165) is 4.80 Å². The van der Waals surface area contributed by atoms with E-state index >= 15 is 0 Å². The largest absolute Gasteiger partial charge is 0.481 e. The van der Waals surface area contributed by atoms with Gasteiger partial charge in [0.25, 0.3) is 5.95 Å². The van der Waals surface area contributed by atoms with Crippen molar-refractivity contribution in [3.8, 4) is 0 Å². The molecule has 1 aliphatic carbocycles.